The molecule has 0 aliphatic carbocycles. The van der Waals surface area contributed by atoms with Crippen LogP contribution in [0.15, 0.2) is 28.1 Å². The first-order valence-electron chi connectivity index (χ1n) is 3.11. The van der Waals surface area contributed by atoms with Crippen molar-refractivity contribution in [3.05, 3.63) is 33.9 Å². The van der Waals surface area contributed by atoms with E-state index in [4.69, 9.17) is 0 Å². The summed E-state index contributed by atoms with van der Waals surface area (Å²) >= 11 is 4.85. The van der Waals surface area contributed by atoms with Crippen molar-refractivity contribution in [1.29, 1.82) is 0 Å². The lowest BCUT2D eigenvalue weighted by Gasteiger charge is -1.87. The van der Waals surface area contributed by atoms with Crippen LogP contribution in [0.25, 0.3) is 10.1 Å². The first kappa shape index (κ1) is 7.25. The van der Waals surface area contributed by atoms with E-state index >= 15 is 0 Å². The van der Waals surface area contributed by atoms with Gasteiger partial charge in [0, 0.05) is 10.1 Å². The topological polar surface area (TPSA) is 0 Å². The lowest BCUT2D eigenvalue weighted by atomic mass is 10.2. The van der Waals surface area contributed by atoms with E-state index in [2.05, 4.69) is 15.9 Å². The van der Waals surface area contributed by atoms with E-state index in [0.29, 0.717) is 5.39 Å². The zero-order chi connectivity index (χ0) is 7.84. The highest BCUT2D eigenvalue weighted by Crippen LogP contribution is 2.30. The Kier molecular flexibility index (Phi) is 1.69. The summed E-state index contributed by atoms with van der Waals surface area (Å²) in [5, 5.41) is 0.698. The average molecular weight is 231 g/mol. The Morgan fingerprint density at radius 3 is 2.91 bits per heavy atom. The van der Waals surface area contributed by atoms with Gasteiger partial charge in [-0.15, -0.1) is 11.3 Å². The van der Waals surface area contributed by atoms with Crippen LogP contribution in [-0.2, 0) is 0 Å². The molecule has 0 bridgehead atoms. The summed E-state index contributed by atoms with van der Waals surface area (Å²) in [6.45, 7) is 0. The standard InChI is InChI=1S/C8H4BrFS/c9-8-4-5-6(10)2-1-3-7(5)11-8/h1-4H. The summed E-state index contributed by atoms with van der Waals surface area (Å²) in [5.41, 5.74) is 0. The SMILES string of the molecule is Fc1cccc2sc(Br)cc12. The van der Waals surface area contributed by atoms with Crippen LogP contribution in [-0.4, -0.2) is 0 Å². The van der Waals surface area contributed by atoms with Gasteiger partial charge in [0.15, 0.2) is 0 Å². The normalized spacial score (nSPS) is 10.7. The molecule has 0 saturated heterocycles. The van der Waals surface area contributed by atoms with Crippen molar-refractivity contribution in [2.24, 2.45) is 0 Å². The summed E-state index contributed by atoms with van der Waals surface area (Å²) in [6.07, 6.45) is 0. The lowest BCUT2D eigenvalue weighted by Crippen LogP contribution is -1.70. The second-order valence-corrected chi connectivity index (χ2v) is 4.67. The molecule has 0 aliphatic heterocycles. The molecule has 0 N–H and O–H groups in total. The number of rotatable bonds is 0. The van der Waals surface area contributed by atoms with Gasteiger partial charge >= 0.3 is 0 Å². The minimum absolute atomic E-state index is 0.149. The molecule has 1 aromatic heterocycles. The molecule has 2 rings (SSSR count). The van der Waals surface area contributed by atoms with Gasteiger partial charge in [-0.2, -0.15) is 0 Å². The maximum atomic E-state index is 13.0. The number of benzene rings is 1. The molecule has 0 unspecified atom stereocenters. The number of thiophene rings is 1. The molecular formula is C8H4BrFS. The minimum Gasteiger partial charge on any atom is -0.206 e. The largest absolute Gasteiger partial charge is 0.206 e. The van der Waals surface area contributed by atoms with Crippen LogP contribution >= 0.6 is 27.3 Å². The molecule has 2 aromatic rings. The molecule has 0 radical (unpaired) electrons. The number of fused-ring (bicyclic) bond motifs is 1. The van der Waals surface area contributed by atoms with Gasteiger partial charge in [-0.3, -0.25) is 0 Å². The molecule has 0 spiro atoms. The molecule has 0 nitrogen and oxygen atoms in total. The molecular weight excluding hydrogens is 227 g/mol. The first-order valence-corrected chi connectivity index (χ1v) is 4.72. The van der Waals surface area contributed by atoms with Gasteiger partial charge in [0.2, 0.25) is 0 Å². The number of hydrogen-bond acceptors (Lipinski definition) is 1. The van der Waals surface area contributed by atoms with E-state index in [0.717, 1.165) is 8.49 Å². The molecule has 1 aromatic carbocycles. The number of halogens is 2. The molecule has 0 amide bonds. The van der Waals surface area contributed by atoms with Gasteiger partial charge in [0.1, 0.15) is 5.82 Å². The summed E-state index contributed by atoms with van der Waals surface area (Å²) < 4.78 is 14.9. The minimum atomic E-state index is -0.149. The fourth-order valence-corrected chi connectivity index (χ4v) is 2.55. The molecule has 0 atom stereocenters. The van der Waals surface area contributed by atoms with Crippen LogP contribution in [0, 0.1) is 5.82 Å². The summed E-state index contributed by atoms with van der Waals surface area (Å²) in [5.74, 6) is -0.149. The fraction of sp³-hybridized carbons (Fsp3) is 0. The van der Waals surface area contributed by atoms with Gasteiger partial charge < -0.3 is 0 Å². The Morgan fingerprint density at radius 1 is 1.36 bits per heavy atom. The smallest absolute Gasteiger partial charge is 0.131 e. The van der Waals surface area contributed by atoms with E-state index in [1.165, 1.54) is 6.07 Å². The van der Waals surface area contributed by atoms with Crippen molar-refractivity contribution in [2.45, 2.75) is 0 Å². The van der Waals surface area contributed by atoms with Gasteiger partial charge in [-0.05, 0) is 34.1 Å². The van der Waals surface area contributed by atoms with E-state index in [1.54, 1.807) is 23.5 Å². The van der Waals surface area contributed by atoms with Crippen molar-refractivity contribution in [2.75, 3.05) is 0 Å². The lowest BCUT2D eigenvalue weighted by molar-refractivity contribution is 0.640. The van der Waals surface area contributed by atoms with Crippen LogP contribution in [0.2, 0.25) is 0 Å². The maximum Gasteiger partial charge on any atom is 0.131 e. The average Bonchev–Trinajstić information content (AvgIpc) is 2.31. The highest BCUT2D eigenvalue weighted by atomic mass is 79.9. The predicted octanol–water partition coefficient (Wildman–Crippen LogP) is 3.80. The molecule has 0 aliphatic rings. The summed E-state index contributed by atoms with van der Waals surface area (Å²) in [7, 11) is 0. The van der Waals surface area contributed by atoms with E-state index in [1.807, 2.05) is 6.07 Å². The molecule has 56 valence electrons. The van der Waals surface area contributed by atoms with Gasteiger partial charge in [-0.1, -0.05) is 6.07 Å². The zero-order valence-electron chi connectivity index (χ0n) is 5.47. The third-order valence-corrected chi connectivity index (χ3v) is 3.08. The third-order valence-electron chi connectivity index (χ3n) is 1.48. The van der Waals surface area contributed by atoms with E-state index in [-0.39, 0.29) is 5.82 Å². The van der Waals surface area contributed by atoms with Crippen LogP contribution < -0.4 is 0 Å². The predicted molar refractivity (Wildman–Crippen MR) is 49.5 cm³/mol. The van der Waals surface area contributed by atoms with Crippen LogP contribution in [0.4, 0.5) is 4.39 Å². The summed E-state index contributed by atoms with van der Waals surface area (Å²) in [4.78, 5) is 0. The van der Waals surface area contributed by atoms with E-state index < -0.39 is 0 Å². The molecule has 0 fully saturated rings. The monoisotopic (exact) mass is 230 g/mol. The van der Waals surface area contributed by atoms with Crippen molar-refractivity contribution in [3.63, 3.8) is 0 Å². The van der Waals surface area contributed by atoms with Gasteiger partial charge in [0.25, 0.3) is 0 Å². The second kappa shape index (κ2) is 2.57. The molecule has 11 heavy (non-hydrogen) atoms. The highest BCUT2D eigenvalue weighted by Gasteiger charge is 2.02. The summed E-state index contributed by atoms with van der Waals surface area (Å²) in [6, 6.07) is 6.91. The Hall–Kier alpha value is -0.410. The van der Waals surface area contributed by atoms with Crippen LogP contribution in [0.5, 0.6) is 0 Å². The van der Waals surface area contributed by atoms with Crippen LogP contribution in [0.1, 0.15) is 0 Å². The Balaban J connectivity index is 2.90. The highest BCUT2D eigenvalue weighted by molar-refractivity contribution is 9.11. The fourth-order valence-electron chi connectivity index (χ4n) is 0.994. The van der Waals surface area contributed by atoms with Gasteiger partial charge in [-0.25, -0.2) is 4.39 Å². The Bertz CT molecular complexity index is 394. The Morgan fingerprint density at radius 2 is 2.18 bits per heavy atom. The van der Waals surface area contributed by atoms with Crippen molar-refractivity contribution >= 4 is 37.4 Å². The molecule has 3 heteroatoms. The Labute approximate surface area is 75.8 Å². The zero-order valence-corrected chi connectivity index (χ0v) is 7.88. The quantitative estimate of drug-likeness (QED) is 0.646. The molecule has 1 heterocycles. The molecule has 0 saturated carbocycles. The van der Waals surface area contributed by atoms with E-state index in [9.17, 15) is 4.39 Å². The van der Waals surface area contributed by atoms with Gasteiger partial charge in [0.05, 0.1) is 3.79 Å². The number of hydrogen-bond donors (Lipinski definition) is 0. The third kappa shape index (κ3) is 1.19. The first-order chi connectivity index (χ1) is 5.27. The maximum absolute atomic E-state index is 13.0. The van der Waals surface area contributed by atoms with Crippen molar-refractivity contribution in [1.82, 2.24) is 0 Å². The van der Waals surface area contributed by atoms with Crippen molar-refractivity contribution in [3.8, 4) is 0 Å². The second-order valence-electron chi connectivity index (χ2n) is 2.20. The van der Waals surface area contributed by atoms with Crippen LogP contribution in [0.3, 0.4) is 0 Å². The van der Waals surface area contributed by atoms with Crippen molar-refractivity contribution < 1.29 is 4.39 Å².